The predicted molar refractivity (Wildman–Crippen MR) is 132 cm³/mol. The number of nitrogens with one attached hydrogen (secondary N) is 3. The van der Waals surface area contributed by atoms with Gasteiger partial charge in [-0.1, -0.05) is 19.1 Å². The van der Waals surface area contributed by atoms with Crippen LogP contribution in [0.4, 0.5) is 17.5 Å². The second-order valence-electron chi connectivity index (χ2n) is 8.64. The van der Waals surface area contributed by atoms with E-state index in [1.165, 1.54) is 11.8 Å². The minimum absolute atomic E-state index is 0.246. The first-order chi connectivity index (χ1) is 15.9. The number of carbonyl (C=O) groups excluding carboxylic acids is 1. The topological polar surface area (TPSA) is 98.8 Å². The van der Waals surface area contributed by atoms with Crippen LogP contribution in [0.2, 0.25) is 0 Å². The Morgan fingerprint density at radius 3 is 2.48 bits per heavy atom. The van der Waals surface area contributed by atoms with Gasteiger partial charge in [-0.2, -0.15) is 5.10 Å². The maximum atomic E-state index is 11.7. The number of hydrogen-bond acceptors (Lipinski definition) is 8. The molecule has 0 amide bonds. The van der Waals surface area contributed by atoms with Crippen LogP contribution in [0.5, 0.6) is 0 Å². The molecule has 4 rings (SSSR count). The van der Waals surface area contributed by atoms with Gasteiger partial charge in [0.15, 0.2) is 11.0 Å². The van der Waals surface area contributed by atoms with Gasteiger partial charge in [0.1, 0.15) is 17.4 Å². The molecule has 0 radical (unpaired) electrons. The fourth-order valence-electron chi connectivity index (χ4n) is 3.95. The van der Waals surface area contributed by atoms with E-state index < -0.39 is 0 Å². The summed E-state index contributed by atoms with van der Waals surface area (Å²) in [4.78, 5) is 24.7. The Labute approximate surface area is 199 Å². The Hall–Kier alpha value is -2.91. The Kier molecular flexibility index (Phi) is 7.29. The quantitative estimate of drug-likeness (QED) is 0.428. The van der Waals surface area contributed by atoms with E-state index in [1.807, 2.05) is 50.2 Å². The fraction of sp³-hybridized carbons (Fsp3) is 0.417. The van der Waals surface area contributed by atoms with Crippen LogP contribution in [0.1, 0.15) is 38.4 Å². The average Bonchev–Trinajstić information content (AvgIpc) is 3.18. The Morgan fingerprint density at radius 2 is 1.85 bits per heavy atom. The predicted octanol–water partition coefficient (Wildman–Crippen LogP) is 4.11. The van der Waals surface area contributed by atoms with Crippen molar-refractivity contribution in [2.24, 2.45) is 0 Å². The number of H-pyrrole nitrogens is 1. The van der Waals surface area contributed by atoms with Crippen molar-refractivity contribution in [3.05, 3.63) is 47.7 Å². The third-order valence-corrected chi connectivity index (χ3v) is 6.34. The summed E-state index contributed by atoms with van der Waals surface area (Å²) in [6.45, 7) is 10.0. The van der Waals surface area contributed by atoms with E-state index in [-0.39, 0.29) is 5.78 Å². The molecule has 2 atom stereocenters. The maximum Gasteiger partial charge on any atom is 0.196 e. The van der Waals surface area contributed by atoms with Crippen molar-refractivity contribution >= 4 is 35.0 Å². The molecule has 174 valence electrons. The number of carbonyl (C=O) groups is 1. The van der Waals surface area contributed by atoms with Gasteiger partial charge >= 0.3 is 0 Å². The molecule has 1 fully saturated rings. The van der Waals surface area contributed by atoms with Gasteiger partial charge in [0.05, 0.1) is 0 Å². The van der Waals surface area contributed by atoms with Crippen LogP contribution in [0.15, 0.2) is 46.5 Å². The van der Waals surface area contributed by atoms with E-state index in [0.29, 0.717) is 35.9 Å². The van der Waals surface area contributed by atoms with Gasteiger partial charge in [-0.15, -0.1) is 0 Å². The van der Waals surface area contributed by atoms with Crippen LogP contribution in [0, 0.1) is 6.92 Å². The van der Waals surface area contributed by atoms with Gasteiger partial charge in [-0.25, -0.2) is 9.97 Å². The largest absolute Gasteiger partial charge is 0.353 e. The average molecular weight is 466 g/mol. The standard InChI is InChI=1S/C24H31N7OS/c1-5-19(32)11-18-6-8-20(9-7-18)33-24-27-21(26-22-10-15(2)29-30-22)12-23(28-24)31-13-16(3)25-17(4)14-31/h6-10,12,16-17,25H,5,11,13-14H2,1-4H3,(H2,26,27,28,29,30). The van der Waals surface area contributed by atoms with Crippen molar-refractivity contribution in [2.45, 2.75) is 62.7 Å². The van der Waals surface area contributed by atoms with Crippen molar-refractivity contribution in [1.82, 2.24) is 25.5 Å². The highest BCUT2D eigenvalue weighted by Gasteiger charge is 2.23. The summed E-state index contributed by atoms with van der Waals surface area (Å²) < 4.78 is 0. The molecule has 2 aromatic heterocycles. The van der Waals surface area contributed by atoms with Crippen LogP contribution in [0.3, 0.4) is 0 Å². The number of nitrogens with zero attached hydrogens (tertiary/aromatic N) is 4. The van der Waals surface area contributed by atoms with E-state index in [4.69, 9.17) is 9.97 Å². The van der Waals surface area contributed by atoms with E-state index in [9.17, 15) is 4.79 Å². The van der Waals surface area contributed by atoms with Crippen molar-refractivity contribution in [1.29, 1.82) is 0 Å². The van der Waals surface area contributed by atoms with Crippen molar-refractivity contribution in [3.8, 4) is 0 Å². The summed E-state index contributed by atoms with van der Waals surface area (Å²) in [7, 11) is 0. The van der Waals surface area contributed by atoms with Crippen molar-refractivity contribution in [3.63, 3.8) is 0 Å². The van der Waals surface area contributed by atoms with Gasteiger partial charge in [-0.05, 0) is 50.2 Å². The van der Waals surface area contributed by atoms with Gasteiger partial charge < -0.3 is 15.5 Å². The van der Waals surface area contributed by atoms with E-state index in [1.54, 1.807) is 0 Å². The number of Topliss-reactive ketones (excluding diaryl/α,β-unsaturated/α-hetero) is 1. The second kappa shape index (κ2) is 10.4. The highest BCUT2D eigenvalue weighted by atomic mass is 32.2. The van der Waals surface area contributed by atoms with Crippen LogP contribution < -0.4 is 15.5 Å². The van der Waals surface area contributed by atoms with Gasteiger partial charge in [0, 0.05) is 60.7 Å². The lowest BCUT2D eigenvalue weighted by molar-refractivity contribution is -0.118. The molecule has 1 aliphatic heterocycles. The molecule has 3 N–H and O–H groups in total. The Balaban J connectivity index is 1.59. The summed E-state index contributed by atoms with van der Waals surface area (Å²) in [6.07, 6.45) is 1.04. The second-order valence-corrected chi connectivity index (χ2v) is 9.68. The number of hydrogen-bond donors (Lipinski definition) is 3. The van der Waals surface area contributed by atoms with Crippen LogP contribution in [-0.4, -0.2) is 51.1 Å². The molecule has 2 unspecified atom stereocenters. The molecule has 1 aromatic carbocycles. The number of aromatic nitrogens is 4. The maximum absolute atomic E-state index is 11.7. The molecule has 3 aromatic rings. The third kappa shape index (κ3) is 6.33. The highest BCUT2D eigenvalue weighted by Crippen LogP contribution is 2.30. The summed E-state index contributed by atoms with van der Waals surface area (Å²) in [5, 5.41) is 14.8. The number of aromatic amines is 1. The molecular weight excluding hydrogens is 434 g/mol. The monoisotopic (exact) mass is 465 g/mol. The lowest BCUT2D eigenvalue weighted by Crippen LogP contribution is -2.54. The van der Waals surface area contributed by atoms with Gasteiger partial charge in [0.2, 0.25) is 0 Å². The van der Waals surface area contributed by atoms with Crippen molar-refractivity contribution in [2.75, 3.05) is 23.3 Å². The molecule has 0 aliphatic carbocycles. The number of ketones is 1. The summed E-state index contributed by atoms with van der Waals surface area (Å²) in [5.74, 6) is 2.57. The SMILES string of the molecule is CCC(=O)Cc1ccc(Sc2nc(Nc3cc(C)[nH]n3)cc(N3CC(C)NC(C)C3)n2)cc1. The molecular formula is C24H31N7OS. The zero-order valence-electron chi connectivity index (χ0n) is 19.6. The number of aryl methyl sites for hydroxylation is 1. The van der Waals surface area contributed by atoms with Gasteiger partial charge in [-0.3, -0.25) is 9.89 Å². The number of benzene rings is 1. The summed E-state index contributed by atoms with van der Waals surface area (Å²) in [6, 6.07) is 12.7. The molecule has 1 saturated heterocycles. The fourth-order valence-corrected chi connectivity index (χ4v) is 4.71. The molecule has 3 heterocycles. The van der Waals surface area contributed by atoms with Crippen LogP contribution >= 0.6 is 11.8 Å². The minimum Gasteiger partial charge on any atom is -0.353 e. The third-order valence-electron chi connectivity index (χ3n) is 5.46. The van der Waals surface area contributed by atoms with Crippen molar-refractivity contribution < 1.29 is 4.79 Å². The smallest absolute Gasteiger partial charge is 0.196 e. The first-order valence-corrected chi connectivity index (χ1v) is 12.2. The lowest BCUT2D eigenvalue weighted by Gasteiger charge is -2.37. The molecule has 0 saturated carbocycles. The van der Waals surface area contributed by atoms with E-state index in [2.05, 4.69) is 39.6 Å². The van der Waals surface area contributed by atoms with E-state index in [0.717, 1.165) is 40.9 Å². The zero-order valence-corrected chi connectivity index (χ0v) is 20.4. The van der Waals surface area contributed by atoms with Crippen LogP contribution in [-0.2, 0) is 11.2 Å². The molecule has 0 bridgehead atoms. The Morgan fingerprint density at radius 1 is 1.12 bits per heavy atom. The molecule has 8 nitrogen and oxygen atoms in total. The Bertz CT molecular complexity index is 1090. The first-order valence-electron chi connectivity index (χ1n) is 11.4. The van der Waals surface area contributed by atoms with Gasteiger partial charge in [0.25, 0.3) is 0 Å². The van der Waals surface area contributed by atoms with E-state index >= 15 is 0 Å². The number of anilines is 3. The molecule has 0 spiro atoms. The molecule has 9 heteroatoms. The normalized spacial score (nSPS) is 18.4. The highest BCUT2D eigenvalue weighted by molar-refractivity contribution is 7.99. The lowest BCUT2D eigenvalue weighted by atomic mass is 10.1. The molecule has 33 heavy (non-hydrogen) atoms. The number of piperazine rings is 1. The minimum atomic E-state index is 0.246. The number of rotatable bonds is 8. The molecule has 1 aliphatic rings. The van der Waals surface area contributed by atoms with Crippen LogP contribution in [0.25, 0.3) is 0 Å². The summed E-state index contributed by atoms with van der Waals surface area (Å²) in [5.41, 5.74) is 2.01. The zero-order chi connectivity index (χ0) is 23.4. The first kappa shape index (κ1) is 23.3. The summed E-state index contributed by atoms with van der Waals surface area (Å²) >= 11 is 1.51.